The van der Waals surface area contributed by atoms with E-state index in [1.807, 2.05) is 17.1 Å². The zero-order chi connectivity index (χ0) is 64.3. The van der Waals surface area contributed by atoms with Gasteiger partial charge in [0, 0.05) is 49.7 Å². The van der Waals surface area contributed by atoms with Gasteiger partial charge in [0.25, 0.3) is 0 Å². The first-order chi connectivity index (χ1) is 41.4. The van der Waals surface area contributed by atoms with E-state index in [9.17, 15) is 82.0 Å². The SMILES string of the molecule is C[C@@H](O)[C@H](NC(=O)[C@H](CCC(N)=O)NC(=O)[C@H](CCC(=O)O)NC(=O)[C@H](CCC(N)=O)NC(=O)[C@H](Cc1ccc(O)cc1)NC(=O)COCCOCCOCCOCCNC(=O)CCCC[C@@H]1SC[C@@H]2NC(=O)N[C@@H]21)C(=O)NCC(=O)NCC(=O)CF. The molecule has 87 heavy (non-hydrogen) atoms. The normalized spacial score (nSPS) is 17.0. The Labute approximate surface area is 504 Å². The van der Waals surface area contributed by atoms with E-state index in [4.69, 9.17) is 30.4 Å². The Morgan fingerprint density at radius 1 is 0.632 bits per heavy atom. The molecule has 1 aromatic carbocycles. The second-order valence-corrected chi connectivity index (χ2v) is 21.4. The van der Waals surface area contributed by atoms with Crippen LogP contribution in [0.4, 0.5) is 9.18 Å². The fraction of sp³-hybridized carbons (Fsp3) is 0.642. The predicted molar refractivity (Wildman–Crippen MR) is 304 cm³/mol. The average molecular weight is 1260 g/mol. The molecule has 2 aliphatic heterocycles. The summed E-state index contributed by atoms with van der Waals surface area (Å²) < 4.78 is 34.4. The van der Waals surface area contributed by atoms with Crippen LogP contribution in [0.25, 0.3) is 0 Å². The number of urea groups is 1. The van der Waals surface area contributed by atoms with Crippen molar-refractivity contribution in [3.8, 4) is 5.75 Å². The summed E-state index contributed by atoms with van der Waals surface area (Å²) in [5.41, 5.74) is 11.1. The number of primary amides is 2. The first-order valence-corrected chi connectivity index (χ1v) is 29.1. The van der Waals surface area contributed by atoms with Gasteiger partial charge in [-0.25, -0.2) is 9.18 Å². The van der Waals surface area contributed by atoms with E-state index in [1.54, 1.807) is 0 Å². The minimum absolute atomic E-state index is 0.0477. The van der Waals surface area contributed by atoms with Crippen LogP contribution < -0.4 is 64.6 Å². The summed E-state index contributed by atoms with van der Waals surface area (Å²) in [6.07, 6.45) is -2.52. The molecule has 1 aromatic rings. The van der Waals surface area contributed by atoms with Gasteiger partial charge in [-0.2, -0.15) is 11.8 Å². The van der Waals surface area contributed by atoms with Crippen LogP contribution in [0.5, 0.6) is 5.75 Å². The molecule has 9 atom stereocenters. The zero-order valence-corrected chi connectivity index (χ0v) is 49.0. The fourth-order valence-corrected chi connectivity index (χ4v) is 10.0. The van der Waals surface area contributed by atoms with Crippen molar-refractivity contribution in [1.29, 1.82) is 0 Å². The molecule has 32 nitrogen and oxygen atoms in total. The van der Waals surface area contributed by atoms with E-state index in [0.29, 0.717) is 30.4 Å². The van der Waals surface area contributed by atoms with Crippen LogP contribution in [0, 0.1) is 0 Å². The van der Waals surface area contributed by atoms with Crippen molar-refractivity contribution in [3.05, 3.63) is 29.8 Å². The maximum absolute atomic E-state index is 14.0. The van der Waals surface area contributed by atoms with E-state index in [0.717, 1.165) is 31.9 Å². The summed E-state index contributed by atoms with van der Waals surface area (Å²) in [4.78, 5) is 164. The minimum Gasteiger partial charge on any atom is -0.508 e. The summed E-state index contributed by atoms with van der Waals surface area (Å²) in [6, 6.07) is -2.88. The van der Waals surface area contributed by atoms with Crippen molar-refractivity contribution < 1.29 is 101 Å². The molecule has 2 aliphatic rings. The maximum atomic E-state index is 14.0. The number of rotatable bonds is 46. The number of aliphatic hydroxyl groups excluding tert-OH is 1. The minimum atomic E-state index is -1.83. The number of nitrogens with one attached hydrogen (secondary N) is 10. The molecule has 0 bridgehead atoms. The summed E-state index contributed by atoms with van der Waals surface area (Å²) in [5, 5.41) is 54.6. The first kappa shape index (κ1) is 73.5. The number of hydrogen-bond acceptors (Lipinski definition) is 20. The average Bonchev–Trinajstić information content (AvgIpc) is 4.22. The molecule has 2 heterocycles. The maximum Gasteiger partial charge on any atom is 0.315 e. The molecule has 0 unspecified atom stereocenters. The number of ketones is 1. The number of phenolic OH excluding ortho intramolecular Hbond substituents is 1. The molecule has 2 saturated heterocycles. The highest BCUT2D eigenvalue weighted by molar-refractivity contribution is 8.00. The number of alkyl halides is 1. The van der Waals surface area contributed by atoms with Gasteiger partial charge in [-0.15, -0.1) is 0 Å². The van der Waals surface area contributed by atoms with Gasteiger partial charge in [0.1, 0.15) is 49.2 Å². The Balaban J connectivity index is 1.52. The summed E-state index contributed by atoms with van der Waals surface area (Å²) in [5.74, 6) is -11.1. The number of nitrogens with two attached hydrogens (primary N) is 2. The van der Waals surface area contributed by atoms with Crippen LogP contribution in [0.1, 0.15) is 76.7 Å². The molecular weight excluding hydrogens is 1180 g/mol. The molecule has 0 aliphatic carbocycles. The smallest absolute Gasteiger partial charge is 0.315 e. The molecule has 3 rings (SSSR count). The Bertz CT molecular complexity index is 2480. The zero-order valence-electron chi connectivity index (χ0n) is 48.2. The van der Waals surface area contributed by atoms with Crippen LogP contribution in [-0.2, 0) is 82.9 Å². The van der Waals surface area contributed by atoms with E-state index in [1.165, 1.54) is 24.3 Å². The molecule has 17 N–H and O–H groups in total. The van der Waals surface area contributed by atoms with Gasteiger partial charge in [0.05, 0.1) is 77.5 Å². The number of Topliss-reactive ketones (excluding diaryl/α,β-unsaturated/α-hetero) is 1. The summed E-state index contributed by atoms with van der Waals surface area (Å²) in [6.45, 7) is -0.769. The van der Waals surface area contributed by atoms with Gasteiger partial charge < -0.3 is 98.9 Å². The van der Waals surface area contributed by atoms with Crippen LogP contribution in [0.15, 0.2) is 24.3 Å². The lowest BCUT2D eigenvalue weighted by Gasteiger charge is -2.27. The van der Waals surface area contributed by atoms with Gasteiger partial charge in [-0.3, -0.25) is 57.5 Å². The number of unbranched alkanes of at least 4 members (excludes halogenated alkanes) is 1. The monoisotopic (exact) mass is 1260 g/mol. The number of thioether (sulfide) groups is 1. The number of aliphatic carboxylic acids is 1. The van der Waals surface area contributed by atoms with Crippen LogP contribution >= 0.6 is 11.8 Å². The number of phenols is 1. The highest BCUT2D eigenvalue weighted by atomic mass is 32.2. The summed E-state index contributed by atoms with van der Waals surface area (Å²) >= 11 is 1.84. The number of aromatic hydroxyl groups is 1. The van der Waals surface area contributed by atoms with Crippen molar-refractivity contribution in [3.63, 3.8) is 0 Å². The number of ether oxygens (including phenoxy) is 4. The van der Waals surface area contributed by atoms with E-state index in [2.05, 4.69) is 47.9 Å². The fourth-order valence-electron chi connectivity index (χ4n) is 8.47. The van der Waals surface area contributed by atoms with Crippen LogP contribution in [0.3, 0.4) is 0 Å². The largest absolute Gasteiger partial charge is 0.508 e. The molecule has 0 saturated carbocycles. The van der Waals surface area contributed by atoms with Crippen molar-refractivity contribution in [2.75, 3.05) is 84.9 Å². The topological polar surface area (TPSA) is 492 Å². The van der Waals surface area contributed by atoms with Gasteiger partial charge in [0.15, 0.2) is 5.78 Å². The third kappa shape index (κ3) is 30.4. The first-order valence-electron chi connectivity index (χ1n) is 28.1. The lowest BCUT2D eigenvalue weighted by Crippen LogP contribution is -2.60. The highest BCUT2D eigenvalue weighted by Gasteiger charge is 2.42. The number of carboxylic acids is 1. The molecule has 0 radical (unpaired) electrons. The number of benzene rings is 1. The number of halogens is 1. The lowest BCUT2D eigenvalue weighted by molar-refractivity contribution is -0.139. The molecule has 0 spiro atoms. The Hall–Kier alpha value is -7.79. The van der Waals surface area contributed by atoms with E-state index >= 15 is 0 Å². The van der Waals surface area contributed by atoms with Gasteiger partial charge in [-0.1, -0.05) is 18.6 Å². The van der Waals surface area contributed by atoms with Crippen molar-refractivity contribution in [2.24, 2.45) is 11.5 Å². The van der Waals surface area contributed by atoms with Gasteiger partial charge in [0.2, 0.25) is 59.1 Å². The number of carbonyl (C=O) groups excluding carboxylic acids is 12. The highest BCUT2D eigenvalue weighted by Crippen LogP contribution is 2.33. The second kappa shape index (κ2) is 40.6. The van der Waals surface area contributed by atoms with Crippen LogP contribution in [-0.4, -0.2) is 231 Å². The van der Waals surface area contributed by atoms with Gasteiger partial charge >= 0.3 is 12.0 Å². The Kier molecular flexibility index (Phi) is 34.3. The predicted octanol–water partition coefficient (Wildman–Crippen LogP) is -5.19. The number of amides is 12. The summed E-state index contributed by atoms with van der Waals surface area (Å²) in [7, 11) is 0. The third-order valence-electron chi connectivity index (χ3n) is 13.0. The number of aliphatic hydroxyl groups is 1. The Morgan fingerprint density at radius 3 is 1.72 bits per heavy atom. The van der Waals surface area contributed by atoms with Crippen molar-refractivity contribution in [2.45, 2.75) is 131 Å². The third-order valence-corrected chi connectivity index (χ3v) is 14.6. The molecular formula is C53H81FN12O20S. The molecule has 34 heteroatoms. The quantitative estimate of drug-likeness (QED) is 0.0214. The molecule has 486 valence electrons. The number of carboxylic acid groups (broad SMARTS) is 1. The lowest BCUT2D eigenvalue weighted by atomic mass is 10.0. The number of carbonyl (C=O) groups is 13. The number of fused-ring (bicyclic) bond motifs is 1. The number of hydrogen-bond donors (Lipinski definition) is 15. The standard InChI is InChI=1S/C53H81FN12O20S/c1-30(67)46(52(81)59-27-43(73)58-26-33(69)25-54)65-50(79)35(11-14-41(56)71)61-49(78)36(12-15-45(75)76)62-48(77)34(10-13-40(55)70)63-51(80)37(24-31-6-8-32(68)9-7-31)60-44(74)28-86-23-22-85-21-20-84-19-18-83-17-16-57-42(72)5-3-2-4-39-47-38(29-87-39)64-53(82)66-47/h6-9,30,34-39,46-47,67-68H,2-5,10-29H2,1H3,(H2,55,70)(H2,56,71)(H,57,72)(H,58,73)(H,59,81)(H,60,74)(H,61,78)(H,62,77)(H,63,80)(H,65,79)(H,75,76)(H2,64,66,82)/t30-,34+,35+,36+,37+,38+,39+,46+,47+/m1/s1. The van der Waals surface area contributed by atoms with E-state index < -0.39 is 166 Å². The molecule has 0 aromatic heterocycles. The second-order valence-electron chi connectivity index (χ2n) is 20.1. The molecule has 2 fully saturated rings. The Morgan fingerprint density at radius 2 is 1.17 bits per heavy atom. The van der Waals surface area contributed by atoms with Gasteiger partial charge in [-0.05, 0) is 56.7 Å². The van der Waals surface area contributed by atoms with Crippen LogP contribution in [0.2, 0.25) is 0 Å². The van der Waals surface area contributed by atoms with E-state index in [-0.39, 0.29) is 75.8 Å². The van der Waals surface area contributed by atoms with Crippen molar-refractivity contribution in [1.82, 2.24) is 53.2 Å². The van der Waals surface area contributed by atoms with Crippen molar-refractivity contribution >= 4 is 88.6 Å². The molecule has 12 amide bonds.